The van der Waals surface area contributed by atoms with Gasteiger partial charge in [-0.25, -0.2) is 4.99 Å². The molecule has 0 aromatic heterocycles. The molecule has 0 unspecified atom stereocenters. The summed E-state index contributed by atoms with van der Waals surface area (Å²) in [5.41, 5.74) is 1.25. The number of nitrogens with one attached hydrogen (secondary N) is 1. The molecular weight excluding hydrogens is 226 g/mol. The van der Waals surface area contributed by atoms with E-state index in [1.165, 1.54) is 5.56 Å². The van der Waals surface area contributed by atoms with Gasteiger partial charge in [0.15, 0.2) is 0 Å². The maximum atomic E-state index is 5.86. The molecule has 4 nitrogen and oxygen atoms in total. The monoisotopic (exact) mass is 245 g/mol. The first-order valence-electron chi connectivity index (χ1n) is 6.64. The number of hydrogen-bond acceptors (Lipinski definition) is 4. The number of rotatable bonds is 3. The highest BCUT2D eigenvalue weighted by Crippen LogP contribution is 2.17. The Morgan fingerprint density at radius 2 is 2.00 bits per heavy atom. The summed E-state index contributed by atoms with van der Waals surface area (Å²) in [5, 5.41) is 5.41. The summed E-state index contributed by atoms with van der Waals surface area (Å²) >= 11 is 0. The average Bonchev–Trinajstić information content (AvgIpc) is 2.89. The van der Waals surface area contributed by atoms with Gasteiger partial charge in [-0.15, -0.1) is 5.06 Å². The minimum atomic E-state index is 0.517. The SMILES string of the molecule is c1ccc(CC2=NCN(C3CCNCC3)O2)cc1. The standard InChI is InChI=1S/C14H19N3O/c1-2-4-12(5-3-1)10-14-16-11-17(18-14)13-6-8-15-9-7-13/h1-5,13,15H,6-11H2. The lowest BCUT2D eigenvalue weighted by Gasteiger charge is -2.29. The van der Waals surface area contributed by atoms with E-state index in [1.807, 2.05) is 11.1 Å². The highest BCUT2D eigenvalue weighted by molar-refractivity contribution is 5.79. The summed E-state index contributed by atoms with van der Waals surface area (Å²) in [6.45, 7) is 2.85. The first kappa shape index (κ1) is 11.7. The van der Waals surface area contributed by atoms with Crippen LogP contribution in [0.1, 0.15) is 18.4 Å². The van der Waals surface area contributed by atoms with Crippen molar-refractivity contribution in [2.24, 2.45) is 4.99 Å². The van der Waals surface area contributed by atoms with E-state index in [0.29, 0.717) is 12.7 Å². The smallest absolute Gasteiger partial charge is 0.215 e. The van der Waals surface area contributed by atoms with Crippen molar-refractivity contribution in [3.63, 3.8) is 0 Å². The lowest BCUT2D eigenvalue weighted by molar-refractivity contribution is -0.0964. The molecule has 2 aliphatic rings. The Kier molecular flexibility index (Phi) is 3.57. The summed E-state index contributed by atoms with van der Waals surface area (Å²) in [4.78, 5) is 10.3. The van der Waals surface area contributed by atoms with Crippen LogP contribution in [0.3, 0.4) is 0 Å². The molecule has 1 saturated heterocycles. The van der Waals surface area contributed by atoms with Gasteiger partial charge in [-0.3, -0.25) is 0 Å². The molecule has 0 radical (unpaired) electrons. The van der Waals surface area contributed by atoms with Crippen LogP contribution in [0.4, 0.5) is 0 Å². The number of aliphatic imine (C=N–C) groups is 1. The quantitative estimate of drug-likeness (QED) is 0.878. The normalized spacial score (nSPS) is 21.7. The largest absolute Gasteiger partial charge is 0.388 e. The summed E-state index contributed by atoms with van der Waals surface area (Å²) in [6.07, 6.45) is 3.09. The Morgan fingerprint density at radius 3 is 2.78 bits per heavy atom. The Bertz CT molecular complexity index is 412. The van der Waals surface area contributed by atoms with Gasteiger partial charge < -0.3 is 10.2 Å². The Balaban J connectivity index is 1.54. The minimum absolute atomic E-state index is 0.517. The van der Waals surface area contributed by atoms with Crippen LogP contribution >= 0.6 is 0 Å². The van der Waals surface area contributed by atoms with E-state index in [-0.39, 0.29) is 0 Å². The summed E-state index contributed by atoms with van der Waals surface area (Å²) < 4.78 is 0. The van der Waals surface area contributed by atoms with E-state index in [1.54, 1.807) is 0 Å². The zero-order chi connectivity index (χ0) is 12.2. The lowest BCUT2D eigenvalue weighted by atomic mass is 10.1. The van der Waals surface area contributed by atoms with Crippen LogP contribution in [-0.2, 0) is 11.3 Å². The fourth-order valence-corrected chi connectivity index (χ4v) is 2.48. The van der Waals surface area contributed by atoms with E-state index < -0.39 is 0 Å². The van der Waals surface area contributed by atoms with E-state index in [9.17, 15) is 0 Å². The molecule has 0 amide bonds. The van der Waals surface area contributed by atoms with Gasteiger partial charge >= 0.3 is 0 Å². The first-order chi connectivity index (χ1) is 8.92. The van der Waals surface area contributed by atoms with Crippen molar-refractivity contribution in [1.29, 1.82) is 0 Å². The van der Waals surface area contributed by atoms with Gasteiger partial charge in [-0.05, 0) is 31.5 Å². The van der Waals surface area contributed by atoms with Crippen LogP contribution in [0.2, 0.25) is 0 Å². The Morgan fingerprint density at radius 1 is 1.22 bits per heavy atom. The number of hydroxylamine groups is 2. The lowest BCUT2D eigenvalue weighted by Crippen LogP contribution is -2.41. The van der Waals surface area contributed by atoms with Gasteiger partial charge in [0.25, 0.3) is 0 Å². The van der Waals surface area contributed by atoms with Crippen molar-refractivity contribution < 1.29 is 4.84 Å². The second-order valence-electron chi connectivity index (χ2n) is 4.85. The fourth-order valence-electron chi connectivity index (χ4n) is 2.48. The third-order valence-electron chi connectivity index (χ3n) is 3.52. The molecular formula is C14H19N3O. The Hall–Kier alpha value is -1.39. The van der Waals surface area contributed by atoms with E-state index in [2.05, 4.69) is 34.6 Å². The highest BCUT2D eigenvalue weighted by atomic mass is 16.7. The van der Waals surface area contributed by atoms with Crippen molar-refractivity contribution in [1.82, 2.24) is 10.4 Å². The summed E-state index contributed by atoms with van der Waals surface area (Å²) in [7, 11) is 0. The van der Waals surface area contributed by atoms with Crippen molar-refractivity contribution in [3.05, 3.63) is 35.9 Å². The summed E-state index contributed by atoms with van der Waals surface area (Å²) in [5.74, 6) is 0.847. The van der Waals surface area contributed by atoms with Gasteiger partial charge in [-0.2, -0.15) is 0 Å². The second kappa shape index (κ2) is 5.50. The third-order valence-corrected chi connectivity index (χ3v) is 3.52. The van der Waals surface area contributed by atoms with E-state index in [0.717, 1.165) is 38.2 Å². The predicted octanol–water partition coefficient (Wildman–Crippen LogP) is 1.58. The van der Waals surface area contributed by atoms with Crippen molar-refractivity contribution in [2.75, 3.05) is 19.8 Å². The molecule has 1 fully saturated rings. The highest BCUT2D eigenvalue weighted by Gasteiger charge is 2.27. The van der Waals surface area contributed by atoms with Crippen molar-refractivity contribution in [3.8, 4) is 0 Å². The molecule has 2 heterocycles. The average molecular weight is 245 g/mol. The maximum Gasteiger partial charge on any atom is 0.215 e. The number of nitrogens with zero attached hydrogens (tertiary/aromatic N) is 2. The van der Waals surface area contributed by atoms with Gasteiger partial charge in [0, 0.05) is 0 Å². The maximum absolute atomic E-state index is 5.86. The minimum Gasteiger partial charge on any atom is -0.388 e. The molecule has 0 atom stereocenters. The molecule has 0 saturated carbocycles. The van der Waals surface area contributed by atoms with Crippen LogP contribution in [0.5, 0.6) is 0 Å². The van der Waals surface area contributed by atoms with E-state index in [4.69, 9.17) is 4.84 Å². The van der Waals surface area contributed by atoms with Crippen LogP contribution in [-0.4, -0.2) is 36.8 Å². The molecule has 0 bridgehead atoms. The van der Waals surface area contributed by atoms with E-state index >= 15 is 0 Å². The van der Waals surface area contributed by atoms with Gasteiger partial charge in [0.05, 0.1) is 12.5 Å². The third kappa shape index (κ3) is 2.71. The molecule has 2 aliphatic heterocycles. The molecule has 18 heavy (non-hydrogen) atoms. The molecule has 0 aliphatic carbocycles. The molecule has 4 heteroatoms. The van der Waals surface area contributed by atoms with Crippen LogP contribution in [0, 0.1) is 0 Å². The molecule has 96 valence electrons. The molecule has 1 aromatic carbocycles. The predicted molar refractivity (Wildman–Crippen MR) is 71.3 cm³/mol. The van der Waals surface area contributed by atoms with Crippen molar-refractivity contribution >= 4 is 5.90 Å². The first-order valence-corrected chi connectivity index (χ1v) is 6.64. The van der Waals surface area contributed by atoms with Crippen LogP contribution in [0.15, 0.2) is 35.3 Å². The van der Waals surface area contributed by atoms with Crippen molar-refractivity contribution in [2.45, 2.75) is 25.3 Å². The van der Waals surface area contributed by atoms with Gasteiger partial charge in [-0.1, -0.05) is 30.3 Å². The Labute approximate surface area is 108 Å². The number of piperidine rings is 1. The van der Waals surface area contributed by atoms with Gasteiger partial charge in [0.1, 0.15) is 6.67 Å². The summed E-state index contributed by atoms with van der Waals surface area (Å²) in [6, 6.07) is 10.9. The van der Waals surface area contributed by atoms with Crippen LogP contribution < -0.4 is 5.32 Å². The van der Waals surface area contributed by atoms with Gasteiger partial charge in [0.2, 0.25) is 5.90 Å². The molecule has 0 spiro atoms. The topological polar surface area (TPSA) is 36.9 Å². The zero-order valence-corrected chi connectivity index (χ0v) is 10.5. The fraction of sp³-hybridized carbons (Fsp3) is 0.500. The van der Waals surface area contributed by atoms with Crippen LogP contribution in [0.25, 0.3) is 0 Å². The number of hydrogen-bond donors (Lipinski definition) is 1. The molecule has 1 N–H and O–H groups in total. The number of benzene rings is 1. The molecule has 3 rings (SSSR count). The zero-order valence-electron chi connectivity index (χ0n) is 10.5. The second-order valence-corrected chi connectivity index (χ2v) is 4.85. The molecule has 1 aromatic rings.